The lowest BCUT2D eigenvalue weighted by atomic mass is 9.97. The van der Waals surface area contributed by atoms with Gasteiger partial charge in [0.1, 0.15) is 0 Å². The van der Waals surface area contributed by atoms with Crippen molar-refractivity contribution < 1.29 is 13.6 Å². The van der Waals surface area contributed by atoms with Gasteiger partial charge in [0.15, 0.2) is 11.6 Å². The first-order valence-corrected chi connectivity index (χ1v) is 9.83. The standard InChI is InChI=1S/C24H23F2N3O/c1-3-4-5-21-23(18-9-6-16(13-27)7-10-18)22(24(28)30)15(2)29(21)14-17-8-11-19(25)20(26)12-17/h6-12H,3-5,14H2,1-2H3,(H2,28,30). The van der Waals surface area contributed by atoms with E-state index in [4.69, 9.17) is 11.0 Å². The van der Waals surface area contributed by atoms with E-state index in [1.807, 2.05) is 11.5 Å². The molecule has 2 N–H and O–H groups in total. The van der Waals surface area contributed by atoms with Crippen molar-refractivity contribution in [3.05, 3.63) is 82.2 Å². The van der Waals surface area contributed by atoms with Gasteiger partial charge in [-0.3, -0.25) is 4.79 Å². The highest BCUT2D eigenvalue weighted by atomic mass is 19.2. The first kappa shape index (κ1) is 21.3. The molecule has 30 heavy (non-hydrogen) atoms. The molecule has 0 radical (unpaired) electrons. The van der Waals surface area contributed by atoms with Gasteiger partial charge < -0.3 is 10.3 Å². The number of amides is 1. The number of primary amides is 1. The molecule has 0 bridgehead atoms. The van der Waals surface area contributed by atoms with Crippen LogP contribution in [-0.2, 0) is 13.0 Å². The molecule has 0 spiro atoms. The van der Waals surface area contributed by atoms with E-state index in [0.29, 0.717) is 35.3 Å². The molecule has 3 rings (SSSR count). The molecule has 0 saturated heterocycles. The zero-order chi connectivity index (χ0) is 21.8. The highest BCUT2D eigenvalue weighted by Crippen LogP contribution is 2.34. The Labute approximate surface area is 174 Å². The Balaban J connectivity index is 2.21. The van der Waals surface area contributed by atoms with Gasteiger partial charge >= 0.3 is 0 Å². The molecule has 1 heterocycles. The van der Waals surface area contributed by atoms with Gasteiger partial charge in [0.25, 0.3) is 5.91 Å². The number of aromatic nitrogens is 1. The lowest BCUT2D eigenvalue weighted by Crippen LogP contribution is -2.13. The minimum Gasteiger partial charge on any atom is -0.366 e. The summed E-state index contributed by atoms with van der Waals surface area (Å²) in [6.07, 6.45) is 2.54. The predicted molar refractivity (Wildman–Crippen MR) is 112 cm³/mol. The number of hydrogen-bond donors (Lipinski definition) is 1. The van der Waals surface area contributed by atoms with E-state index < -0.39 is 17.5 Å². The summed E-state index contributed by atoms with van der Waals surface area (Å²) < 4.78 is 29.1. The fourth-order valence-corrected chi connectivity index (χ4v) is 3.76. The topological polar surface area (TPSA) is 71.8 Å². The summed E-state index contributed by atoms with van der Waals surface area (Å²) in [5, 5.41) is 9.08. The Morgan fingerprint density at radius 3 is 2.40 bits per heavy atom. The SMILES string of the molecule is CCCCc1c(-c2ccc(C#N)cc2)c(C(N)=O)c(C)n1Cc1ccc(F)c(F)c1. The summed E-state index contributed by atoms with van der Waals surface area (Å²) in [7, 11) is 0. The number of halogens is 2. The fraction of sp³-hybridized carbons (Fsp3) is 0.250. The van der Waals surface area contributed by atoms with Gasteiger partial charge in [-0.2, -0.15) is 5.26 Å². The van der Waals surface area contributed by atoms with Gasteiger partial charge in [-0.1, -0.05) is 31.5 Å². The second-order valence-electron chi connectivity index (χ2n) is 7.27. The second kappa shape index (κ2) is 8.91. The Hall–Kier alpha value is -3.46. The van der Waals surface area contributed by atoms with E-state index in [1.54, 1.807) is 24.3 Å². The van der Waals surface area contributed by atoms with Crippen LogP contribution in [0.3, 0.4) is 0 Å². The minimum atomic E-state index is -0.908. The fourth-order valence-electron chi connectivity index (χ4n) is 3.76. The third-order valence-corrected chi connectivity index (χ3v) is 5.27. The number of nitrogens with zero attached hydrogens (tertiary/aromatic N) is 2. The van der Waals surface area contributed by atoms with Crippen LogP contribution in [0.25, 0.3) is 11.1 Å². The molecule has 0 atom stereocenters. The molecule has 0 aliphatic heterocycles. The van der Waals surface area contributed by atoms with Crippen LogP contribution in [0.2, 0.25) is 0 Å². The number of rotatable bonds is 7. The molecule has 0 saturated carbocycles. The maximum atomic E-state index is 13.8. The monoisotopic (exact) mass is 407 g/mol. The summed E-state index contributed by atoms with van der Waals surface area (Å²) in [4.78, 5) is 12.4. The quantitative estimate of drug-likeness (QED) is 0.592. The number of nitrogens with two attached hydrogens (primary N) is 1. The molecule has 1 aromatic heterocycles. The Morgan fingerprint density at radius 2 is 1.83 bits per heavy atom. The molecule has 1 amide bonds. The van der Waals surface area contributed by atoms with Crippen LogP contribution in [0.5, 0.6) is 0 Å². The highest BCUT2D eigenvalue weighted by molar-refractivity contribution is 6.02. The van der Waals surface area contributed by atoms with Gasteiger partial charge in [0, 0.05) is 23.5 Å². The molecule has 0 fully saturated rings. The van der Waals surface area contributed by atoms with Crippen molar-refractivity contribution in [3.8, 4) is 17.2 Å². The van der Waals surface area contributed by atoms with Crippen LogP contribution in [0, 0.1) is 29.9 Å². The van der Waals surface area contributed by atoms with Crippen molar-refractivity contribution >= 4 is 5.91 Å². The second-order valence-corrected chi connectivity index (χ2v) is 7.27. The molecular formula is C24H23F2N3O. The number of nitriles is 1. The molecule has 6 heteroatoms. The maximum Gasteiger partial charge on any atom is 0.251 e. The van der Waals surface area contributed by atoms with Crippen molar-refractivity contribution in [2.45, 2.75) is 39.7 Å². The first-order chi connectivity index (χ1) is 14.4. The van der Waals surface area contributed by atoms with E-state index in [-0.39, 0.29) is 0 Å². The van der Waals surface area contributed by atoms with Gasteiger partial charge in [0.2, 0.25) is 0 Å². The van der Waals surface area contributed by atoms with Gasteiger partial charge in [-0.15, -0.1) is 0 Å². The van der Waals surface area contributed by atoms with Crippen LogP contribution in [-0.4, -0.2) is 10.5 Å². The molecular weight excluding hydrogens is 384 g/mol. The van der Waals surface area contributed by atoms with Crippen molar-refractivity contribution in [1.82, 2.24) is 4.57 Å². The third-order valence-electron chi connectivity index (χ3n) is 5.27. The lowest BCUT2D eigenvalue weighted by molar-refractivity contribution is 0.1000. The number of carbonyl (C=O) groups excluding carboxylic acids is 1. The largest absolute Gasteiger partial charge is 0.366 e. The summed E-state index contributed by atoms with van der Waals surface area (Å²) in [5.41, 5.74) is 10.4. The summed E-state index contributed by atoms with van der Waals surface area (Å²) >= 11 is 0. The number of hydrogen-bond acceptors (Lipinski definition) is 2. The molecule has 0 aliphatic carbocycles. The van der Waals surface area contributed by atoms with Crippen molar-refractivity contribution in [3.63, 3.8) is 0 Å². The number of benzene rings is 2. The summed E-state index contributed by atoms with van der Waals surface area (Å²) in [6.45, 7) is 4.17. The Morgan fingerprint density at radius 1 is 1.13 bits per heavy atom. The third kappa shape index (κ3) is 4.11. The smallest absolute Gasteiger partial charge is 0.251 e. The van der Waals surface area contributed by atoms with Crippen molar-refractivity contribution in [1.29, 1.82) is 5.26 Å². The summed E-state index contributed by atoms with van der Waals surface area (Å²) in [5.74, 6) is -2.35. The lowest BCUT2D eigenvalue weighted by Gasteiger charge is -2.14. The van der Waals surface area contributed by atoms with E-state index in [0.717, 1.165) is 35.7 Å². The van der Waals surface area contributed by atoms with E-state index in [9.17, 15) is 13.6 Å². The molecule has 0 unspecified atom stereocenters. The minimum absolute atomic E-state index is 0.290. The zero-order valence-corrected chi connectivity index (χ0v) is 17.0. The van der Waals surface area contributed by atoms with Crippen molar-refractivity contribution in [2.75, 3.05) is 0 Å². The molecule has 4 nitrogen and oxygen atoms in total. The number of unbranched alkanes of at least 4 members (excludes halogenated alkanes) is 1. The van der Waals surface area contributed by atoms with Gasteiger partial charge in [0.05, 0.1) is 17.2 Å². The number of carbonyl (C=O) groups is 1. The van der Waals surface area contributed by atoms with E-state index in [2.05, 4.69) is 13.0 Å². The van der Waals surface area contributed by atoms with Crippen LogP contribution >= 0.6 is 0 Å². The Kier molecular flexibility index (Phi) is 6.31. The molecule has 3 aromatic rings. The van der Waals surface area contributed by atoms with Crippen LogP contribution < -0.4 is 5.73 Å². The van der Waals surface area contributed by atoms with E-state index >= 15 is 0 Å². The molecule has 2 aromatic carbocycles. The van der Waals surface area contributed by atoms with Crippen LogP contribution in [0.4, 0.5) is 8.78 Å². The molecule has 154 valence electrons. The maximum absolute atomic E-state index is 13.8. The highest BCUT2D eigenvalue weighted by Gasteiger charge is 2.24. The van der Waals surface area contributed by atoms with Crippen molar-refractivity contribution in [2.24, 2.45) is 5.73 Å². The van der Waals surface area contributed by atoms with Gasteiger partial charge in [-0.25, -0.2) is 8.78 Å². The first-order valence-electron chi connectivity index (χ1n) is 9.83. The summed E-state index contributed by atoms with van der Waals surface area (Å²) in [6, 6.07) is 12.9. The Bertz CT molecular complexity index is 1120. The normalized spacial score (nSPS) is 10.8. The van der Waals surface area contributed by atoms with Crippen LogP contribution in [0.15, 0.2) is 42.5 Å². The average molecular weight is 407 g/mol. The predicted octanol–water partition coefficient (Wildman–Crippen LogP) is 5.10. The molecule has 0 aliphatic rings. The van der Waals surface area contributed by atoms with Crippen LogP contribution in [0.1, 0.15) is 52.6 Å². The zero-order valence-electron chi connectivity index (χ0n) is 17.0. The van der Waals surface area contributed by atoms with E-state index in [1.165, 1.54) is 12.1 Å². The average Bonchev–Trinajstić information content (AvgIpc) is 3.01. The van der Waals surface area contributed by atoms with Gasteiger partial charge in [-0.05, 0) is 55.2 Å².